The SMILES string of the molecule is CCC1C[CH]CCN1CC(=O)c1cccc2c1C[C@H]1NCC[C@@]23CCCC[C@@H]13. The van der Waals surface area contributed by atoms with Crippen molar-refractivity contribution in [3.63, 3.8) is 0 Å². The van der Waals surface area contributed by atoms with Crippen LogP contribution in [0.15, 0.2) is 18.2 Å². The molecule has 0 spiro atoms. The summed E-state index contributed by atoms with van der Waals surface area (Å²) in [7, 11) is 0. The van der Waals surface area contributed by atoms with Gasteiger partial charge in [-0.3, -0.25) is 9.69 Å². The highest BCUT2D eigenvalue weighted by molar-refractivity contribution is 5.99. The van der Waals surface area contributed by atoms with Crippen LogP contribution in [0.25, 0.3) is 0 Å². The second kappa shape index (κ2) is 7.57. The van der Waals surface area contributed by atoms with Crippen LogP contribution in [0.3, 0.4) is 0 Å². The highest BCUT2D eigenvalue weighted by Gasteiger charge is 2.51. The van der Waals surface area contributed by atoms with E-state index >= 15 is 0 Å². The van der Waals surface area contributed by atoms with Gasteiger partial charge in [-0.1, -0.05) is 38.0 Å². The Morgan fingerprint density at radius 1 is 1.29 bits per heavy atom. The molecule has 2 aliphatic heterocycles. The third-order valence-corrected chi connectivity index (χ3v) is 8.39. The number of likely N-dealkylation sites (tertiary alicyclic amines) is 1. The molecule has 4 aliphatic rings. The van der Waals surface area contributed by atoms with E-state index in [0.717, 1.165) is 50.3 Å². The van der Waals surface area contributed by atoms with Crippen molar-refractivity contribution in [2.75, 3.05) is 19.6 Å². The van der Waals surface area contributed by atoms with Gasteiger partial charge in [0.15, 0.2) is 5.78 Å². The van der Waals surface area contributed by atoms with E-state index in [0.29, 0.717) is 29.8 Å². The predicted molar refractivity (Wildman–Crippen MR) is 114 cm³/mol. The van der Waals surface area contributed by atoms with Gasteiger partial charge in [-0.15, -0.1) is 0 Å². The summed E-state index contributed by atoms with van der Waals surface area (Å²) in [5.41, 5.74) is 4.29. The molecule has 2 heterocycles. The fourth-order valence-corrected chi connectivity index (χ4v) is 7.03. The van der Waals surface area contributed by atoms with Crippen LogP contribution in [0.1, 0.15) is 79.8 Å². The highest BCUT2D eigenvalue weighted by Crippen LogP contribution is 2.54. The molecular weight excluding hydrogens is 344 g/mol. The predicted octanol–water partition coefficient (Wildman–Crippen LogP) is 4.29. The van der Waals surface area contributed by atoms with Gasteiger partial charge in [0.1, 0.15) is 0 Å². The quantitative estimate of drug-likeness (QED) is 0.792. The molecule has 0 amide bonds. The Morgan fingerprint density at radius 3 is 3.11 bits per heavy atom. The van der Waals surface area contributed by atoms with Crippen LogP contribution in [0.2, 0.25) is 0 Å². The molecule has 1 aromatic rings. The lowest BCUT2D eigenvalue weighted by molar-refractivity contribution is 0.0776. The van der Waals surface area contributed by atoms with Crippen molar-refractivity contribution in [1.29, 1.82) is 0 Å². The molecular formula is C25H35N2O. The maximum atomic E-state index is 13.5. The van der Waals surface area contributed by atoms with Crippen molar-refractivity contribution in [2.45, 2.75) is 82.2 Å². The zero-order valence-corrected chi connectivity index (χ0v) is 17.4. The van der Waals surface area contributed by atoms with Crippen LogP contribution in [0.4, 0.5) is 0 Å². The van der Waals surface area contributed by atoms with Gasteiger partial charge in [-0.05, 0) is 81.5 Å². The van der Waals surface area contributed by atoms with Crippen LogP contribution >= 0.6 is 0 Å². The molecule has 1 aromatic carbocycles. The van der Waals surface area contributed by atoms with Crippen molar-refractivity contribution in [3.05, 3.63) is 41.3 Å². The molecule has 1 radical (unpaired) electrons. The summed E-state index contributed by atoms with van der Waals surface area (Å²) in [6, 6.07) is 7.78. The minimum atomic E-state index is 0.337. The normalized spacial score (nSPS) is 35.1. The number of nitrogens with zero attached hydrogens (tertiary/aromatic N) is 1. The van der Waals surface area contributed by atoms with E-state index in [1.807, 2.05) is 0 Å². The van der Waals surface area contributed by atoms with Gasteiger partial charge < -0.3 is 5.32 Å². The number of benzene rings is 1. The number of Topliss-reactive ketones (excluding diaryl/α,β-unsaturated/α-hetero) is 1. The lowest BCUT2D eigenvalue weighted by Gasteiger charge is -2.56. The van der Waals surface area contributed by atoms with E-state index in [4.69, 9.17) is 0 Å². The molecule has 5 rings (SSSR count). The molecule has 2 bridgehead atoms. The molecule has 1 unspecified atom stereocenters. The number of carbonyl (C=O) groups excluding carboxylic acids is 1. The number of hydrogen-bond acceptors (Lipinski definition) is 3. The third kappa shape index (κ3) is 2.97. The molecule has 1 saturated carbocycles. The standard InChI is InChI=1S/C25H35N2O/c1-2-18-8-4-6-15-27(18)17-24(28)19-9-7-11-21-20(19)16-23-22-10-3-5-12-25(21,22)13-14-26-23/h4,7,9,11,18,22-23,26H,2-3,5-6,8,10,12-17H2,1H3/t18?,22-,23+,25-/m0/s1. The number of rotatable bonds is 4. The molecule has 2 saturated heterocycles. The van der Waals surface area contributed by atoms with Crippen molar-refractivity contribution in [1.82, 2.24) is 10.2 Å². The van der Waals surface area contributed by atoms with Gasteiger partial charge in [0.2, 0.25) is 0 Å². The first-order valence-electron chi connectivity index (χ1n) is 11.7. The Morgan fingerprint density at radius 2 is 2.21 bits per heavy atom. The van der Waals surface area contributed by atoms with Gasteiger partial charge in [0, 0.05) is 23.1 Å². The average Bonchev–Trinajstić information content (AvgIpc) is 2.73. The minimum absolute atomic E-state index is 0.337. The number of piperidine rings is 2. The monoisotopic (exact) mass is 379 g/mol. The van der Waals surface area contributed by atoms with Gasteiger partial charge in [-0.25, -0.2) is 0 Å². The largest absolute Gasteiger partial charge is 0.313 e. The minimum Gasteiger partial charge on any atom is -0.313 e. The van der Waals surface area contributed by atoms with E-state index in [2.05, 4.69) is 41.8 Å². The molecule has 0 aromatic heterocycles. The summed E-state index contributed by atoms with van der Waals surface area (Å²) in [5, 5.41) is 3.82. The fourth-order valence-electron chi connectivity index (χ4n) is 7.03. The number of carbonyl (C=O) groups is 1. The Balaban J connectivity index is 1.47. The van der Waals surface area contributed by atoms with Crippen molar-refractivity contribution >= 4 is 5.78 Å². The second-order valence-electron chi connectivity index (χ2n) is 9.62. The third-order valence-electron chi connectivity index (χ3n) is 8.39. The number of fused-ring (bicyclic) bond motifs is 1. The summed E-state index contributed by atoms with van der Waals surface area (Å²) >= 11 is 0. The Bertz CT molecular complexity index is 740. The van der Waals surface area contributed by atoms with Crippen molar-refractivity contribution in [2.24, 2.45) is 5.92 Å². The highest BCUT2D eigenvalue weighted by atomic mass is 16.1. The maximum Gasteiger partial charge on any atom is 0.177 e. The molecule has 151 valence electrons. The van der Waals surface area contributed by atoms with Gasteiger partial charge in [-0.2, -0.15) is 0 Å². The van der Waals surface area contributed by atoms with E-state index in [1.165, 1.54) is 37.7 Å². The van der Waals surface area contributed by atoms with Crippen LogP contribution in [0.5, 0.6) is 0 Å². The zero-order valence-electron chi connectivity index (χ0n) is 17.4. The molecule has 4 atom stereocenters. The lowest BCUT2D eigenvalue weighted by Crippen LogP contribution is -2.59. The Hall–Kier alpha value is -1.19. The molecule has 3 nitrogen and oxygen atoms in total. The average molecular weight is 380 g/mol. The number of hydrogen-bond donors (Lipinski definition) is 1. The fraction of sp³-hybridized carbons (Fsp3) is 0.680. The molecule has 2 aliphatic carbocycles. The Kier molecular flexibility index (Phi) is 5.09. The number of nitrogens with one attached hydrogen (secondary N) is 1. The van der Waals surface area contributed by atoms with Crippen LogP contribution in [-0.2, 0) is 11.8 Å². The van der Waals surface area contributed by atoms with E-state index < -0.39 is 0 Å². The lowest BCUT2D eigenvalue weighted by atomic mass is 9.52. The van der Waals surface area contributed by atoms with Crippen LogP contribution in [-0.4, -0.2) is 42.4 Å². The summed E-state index contributed by atoms with van der Waals surface area (Å²) in [6.07, 6.45) is 13.5. The summed E-state index contributed by atoms with van der Waals surface area (Å²) in [6.45, 7) is 5.02. The Labute approximate surface area is 170 Å². The first kappa shape index (κ1) is 18.8. The molecule has 28 heavy (non-hydrogen) atoms. The zero-order chi connectivity index (χ0) is 19.1. The van der Waals surface area contributed by atoms with E-state index in [1.54, 1.807) is 5.56 Å². The van der Waals surface area contributed by atoms with Crippen molar-refractivity contribution in [3.8, 4) is 0 Å². The van der Waals surface area contributed by atoms with Gasteiger partial charge in [0.25, 0.3) is 0 Å². The van der Waals surface area contributed by atoms with E-state index in [-0.39, 0.29) is 0 Å². The topological polar surface area (TPSA) is 32.3 Å². The molecule has 3 fully saturated rings. The summed E-state index contributed by atoms with van der Waals surface area (Å²) in [4.78, 5) is 15.9. The summed E-state index contributed by atoms with van der Waals surface area (Å²) < 4.78 is 0. The van der Waals surface area contributed by atoms with Crippen LogP contribution in [0, 0.1) is 12.3 Å². The first-order chi connectivity index (χ1) is 13.7. The molecule has 1 N–H and O–H groups in total. The molecule has 3 heteroatoms. The maximum absolute atomic E-state index is 13.5. The second-order valence-corrected chi connectivity index (χ2v) is 9.62. The van der Waals surface area contributed by atoms with Crippen molar-refractivity contribution < 1.29 is 4.79 Å². The van der Waals surface area contributed by atoms with Gasteiger partial charge in [0.05, 0.1) is 6.54 Å². The smallest absolute Gasteiger partial charge is 0.177 e. The summed E-state index contributed by atoms with van der Waals surface area (Å²) in [5.74, 6) is 1.12. The first-order valence-corrected chi connectivity index (χ1v) is 11.7. The number of ketones is 1. The van der Waals surface area contributed by atoms with E-state index in [9.17, 15) is 4.79 Å². The van der Waals surface area contributed by atoms with Gasteiger partial charge >= 0.3 is 0 Å². The van der Waals surface area contributed by atoms with Crippen LogP contribution < -0.4 is 5.32 Å².